The molecule has 1 heterocycles. The summed E-state index contributed by atoms with van der Waals surface area (Å²) in [6, 6.07) is 13.0. The van der Waals surface area contributed by atoms with Crippen molar-refractivity contribution in [1.82, 2.24) is 0 Å². The number of benzene rings is 2. The highest BCUT2D eigenvalue weighted by atomic mass is 79.9. The minimum absolute atomic E-state index is 0.452. The molecule has 1 atom stereocenters. The molecule has 4 rings (SSSR count). The summed E-state index contributed by atoms with van der Waals surface area (Å²) in [6.45, 7) is 0. The van der Waals surface area contributed by atoms with Gasteiger partial charge in [-0.15, -0.1) is 11.8 Å². The summed E-state index contributed by atoms with van der Waals surface area (Å²) in [6.07, 6.45) is 2.97. The van der Waals surface area contributed by atoms with E-state index in [0.29, 0.717) is 5.25 Å². The lowest BCUT2D eigenvalue weighted by Gasteiger charge is -2.17. The molecule has 2 aromatic carbocycles. The van der Waals surface area contributed by atoms with Crippen molar-refractivity contribution in [3.05, 3.63) is 57.6 Å². The smallest absolute Gasteiger partial charge is 0.0411 e. The molecule has 0 saturated heterocycles. The van der Waals surface area contributed by atoms with Crippen molar-refractivity contribution in [2.45, 2.75) is 16.6 Å². The van der Waals surface area contributed by atoms with E-state index in [9.17, 15) is 0 Å². The lowest BCUT2D eigenvalue weighted by atomic mass is 9.95. The van der Waals surface area contributed by atoms with Crippen LogP contribution < -0.4 is 0 Å². The Morgan fingerprint density at radius 1 is 1.16 bits per heavy atom. The van der Waals surface area contributed by atoms with E-state index in [4.69, 9.17) is 11.6 Å². The third kappa shape index (κ3) is 1.81. The number of hydrogen-bond donors (Lipinski definition) is 0. The predicted octanol–water partition coefficient (Wildman–Crippen LogP) is 5.95. The van der Waals surface area contributed by atoms with E-state index in [2.05, 4.69) is 52.3 Å². The van der Waals surface area contributed by atoms with Crippen LogP contribution in [0.5, 0.6) is 0 Å². The number of rotatable bonds is 0. The molecule has 94 valence electrons. The maximum atomic E-state index is 6.22. The van der Waals surface area contributed by atoms with E-state index in [0.717, 1.165) is 15.9 Å². The van der Waals surface area contributed by atoms with Crippen LogP contribution in [0.25, 0.3) is 16.3 Å². The molecule has 3 heteroatoms. The zero-order valence-corrected chi connectivity index (χ0v) is 13.1. The van der Waals surface area contributed by atoms with Gasteiger partial charge in [0.15, 0.2) is 0 Å². The van der Waals surface area contributed by atoms with Crippen molar-refractivity contribution < 1.29 is 0 Å². The van der Waals surface area contributed by atoms with Gasteiger partial charge in [0.25, 0.3) is 0 Å². The second kappa shape index (κ2) is 4.41. The second-order valence-corrected chi connectivity index (χ2v) is 7.38. The molecule has 0 bridgehead atoms. The highest BCUT2D eigenvalue weighted by Crippen LogP contribution is 2.54. The average Bonchev–Trinajstić information content (AvgIpc) is 2.77. The molecule has 1 aliphatic carbocycles. The van der Waals surface area contributed by atoms with E-state index in [1.807, 2.05) is 17.8 Å². The van der Waals surface area contributed by atoms with Gasteiger partial charge in [0, 0.05) is 19.7 Å². The molecule has 0 radical (unpaired) electrons. The molecule has 0 fully saturated rings. The Kier molecular flexibility index (Phi) is 2.80. The minimum Gasteiger partial charge on any atom is -0.116 e. The monoisotopic (exact) mass is 348 g/mol. The maximum absolute atomic E-state index is 6.22. The summed E-state index contributed by atoms with van der Waals surface area (Å²) in [4.78, 5) is 1.40. The Hall–Kier alpha value is -0.700. The van der Waals surface area contributed by atoms with Crippen LogP contribution in [0.1, 0.15) is 12.0 Å². The second-order valence-electron chi connectivity index (χ2n) is 4.83. The summed E-state index contributed by atoms with van der Waals surface area (Å²) in [5, 5.41) is 4.05. The molecule has 19 heavy (non-hydrogen) atoms. The Labute approximate surface area is 129 Å². The molecule has 0 aromatic heterocycles. The van der Waals surface area contributed by atoms with Gasteiger partial charge in [-0.25, -0.2) is 0 Å². The molecule has 0 nitrogen and oxygen atoms in total. The van der Waals surface area contributed by atoms with E-state index < -0.39 is 0 Å². The van der Waals surface area contributed by atoms with E-state index in [1.54, 1.807) is 0 Å². The largest absolute Gasteiger partial charge is 0.116 e. The number of halogens is 2. The fourth-order valence-corrected chi connectivity index (χ4v) is 5.78. The van der Waals surface area contributed by atoms with Crippen LogP contribution in [-0.2, 0) is 0 Å². The van der Waals surface area contributed by atoms with Crippen molar-refractivity contribution in [1.29, 1.82) is 0 Å². The van der Waals surface area contributed by atoms with Gasteiger partial charge in [-0.3, -0.25) is 0 Å². The van der Waals surface area contributed by atoms with Crippen LogP contribution in [0.3, 0.4) is 0 Å². The molecule has 0 amide bonds. The summed E-state index contributed by atoms with van der Waals surface area (Å²) < 4.78 is 1.13. The predicted molar refractivity (Wildman–Crippen MR) is 88.0 cm³/mol. The molecule has 0 saturated carbocycles. The molecular weight excluding hydrogens is 340 g/mol. The van der Waals surface area contributed by atoms with Crippen molar-refractivity contribution in [3.63, 3.8) is 0 Å². The maximum Gasteiger partial charge on any atom is 0.0411 e. The van der Waals surface area contributed by atoms with Crippen molar-refractivity contribution in [2.75, 3.05) is 0 Å². The minimum atomic E-state index is 0.452. The lowest BCUT2D eigenvalue weighted by molar-refractivity contribution is 1.06. The number of thioether (sulfide) groups is 1. The number of allylic oxidation sites excluding steroid dienone is 3. The third-order valence-corrected chi connectivity index (χ3v) is 5.95. The first-order valence-corrected chi connectivity index (χ1v) is 8.23. The van der Waals surface area contributed by atoms with Crippen LogP contribution in [0.2, 0.25) is 0 Å². The van der Waals surface area contributed by atoms with Gasteiger partial charge in [-0.2, -0.15) is 0 Å². The number of fused-ring (bicyclic) bond motifs is 5. The first kappa shape index (κ1) is 12.1. The topological polar surface area (TPSA) is 0 Å². The van der Waals surface area contributed by atoms with Gasteiger partial charge in [0.05, 0.1) is 0 Å². The first-order valence-electron chi connectivity index (χ1n) is 6.18. The summed E-state index contributed by atoms with van der Waals surface area (Å²) in [5.41, 5.74) is 2.76. The Balaban J connectivity index is 2.02. The van der Waals surface area contributed by atoms with Gasteiger partial charge in [0.2, 0.25) is 0 Å². The zero-order valence-electron chi connectivity index (χ0n) is 9.99. The fraction of sp³-hybridized carbons (Fsp3) is 0.125. The lowest BCUT2D eigenvalue weighted by Crippen LogP contribution is -2.05. The van der Waals surface area contributed by atoms with Gasteiger partial charge in [-0.05, 0) is 34.4 Å². The van der Waals surface area contributed by atoms with Crippen LogP contribution in [0, 0.1) is 0 Å². The van der Waals surface area contributed by atoms with E-state index in [1.165, 1.54) is 26.8 Å². The summed E-state index contributed by atoms with van der Waals surface area (Å²) >= 11 is 11.8. The van der Waals surface area contributed by atoms with E-state index >= 15 is 0 Å². The third-order valence-electron chi connectivity index (χ3n) is 3.67. The molecule has 1 aliphatic heterocycles. The summed E-state index contributed by atoms with van der Waals surface area (Å²) in [5.74, 6) is 0. The molecule has 1 unspecified atom stereocenters. The Bertz CT molecular complexity index is 760. The molecular formula is C16H10BrClS. The standard InChI is InChI=1S/C16H10BrClS/c17-13-7-10(18)8-14-15(13)12-6-5-9-3-1-2-4-11(9)16(12)19-14/h1-7,14H,8H2. The van der Waals surface area contributed by atoms with Crippen molar-refractivity contribution in [2.24, 2.45) is 0 Å². The van der Waals surface area contributed by atoms with Gasteiger partial charge >= 0.3 is 0 Å². The molecule has 2 aliphatic rings. The van der Waals surface area contributed by atoms with Crippen molar-refractivity contribution in [3.8, 4) is 0 Å². The highest BCUT2D eigenvalue weighted by Gasteiger charge is 2.33. The van der Waals surface area contributed by atoms with Crippen LogP contribution >= 0.6 is 39.3 Å². The van der Waals surface area contributed by atoms with Crippen LogP contribution in [-0.4, -0.2) is 5.25 Å². The molecule has 0 spiro atoms. The highest BCUT2D eigenvalue weighted by molar-refractivity contribution is 9.12. The SMILES string of the molecule is ClC1=CC(Br)=C2c3ccc4ccccc4c3SC2C1. The Morgan fingerprint density at radius 2 is 2.00 bits per heavy atom. The normalized spacial score (nSPS) is 21.4. The van der Waals surface area contributed by atoms with Gasteiger partial charge < -0.3 is 0 Å². The fourth-order valence-electron chi connectivity index (χ4n) is 2.83. The molecule has 0 N–H and O–H groups in total. The Morgan fingerprint density at radius 3 is 2.89 bits per heavy atom. The summed E-state index contributed by atoms with van der Waals surface area (Å²) in [7, 11) is 0. The van der Waals surface area contributed by atoms with Crippen molar-refractivity contribution >= 4 is 55.6 Å². The average molecular weight is 350 g/mol. The number of hydrogen-bond acceptors (Lipinski definition) is 1. The van der Waals surface area contributed by atoms with Gasteiger partial charge in [-0.1, -0.05) is 63.9 Å². The molecule has 2 aromatic rings. The zero-order chi connectivity index (χ0) is 13.0. The van der Waals surface area contributed by atoms with E-state index in [-0.39, 0.29) is 0 Å². The quantitative estimate of drug-likeness (QED) is 0.566. The first-order chi connectivity index (χ1) is 9.24. The van der Waals surface area contributed by atoms with Gasteiger partial charge in [0.1, 0.15) is 0 Å². The van der Waals surface area contributed by atoms with Crippen LogP contribution in [0.4, 0.5) is 0 Å². The van der Waals surface area contributed by atoms with Crippen LogP contribution in [0.15, 0.2) is 56.9 Å².